The Balaban J connectivity index is 1.92. The largest absolute Gasteiger partial charge is 0.479 e. The summed E-state index contributed by atoms with van der Waals surface area (Å²) in [6.07, 6.45) is 0.622. The van der Waals surface area contributed by atoms with Crippen molar-refractivity contribution in [3.63, 3.8) is 0 Å². The molecule has 2 heterocycles. The first-order chi connectivity index (χ1) is 11.1. The Kier molecular flexibility index (Phi) is 4.16. The van der Waals surface area contributed by atoms with E-state index in [9.17, 15) is 14.7 Å². The summed E-state index contributed by atoms with van der Waals surface area (Å²) in [4.78, 5) is 25.7. The van der Waals surface area contributed by atoms with Crippen LogP contribution in [0.15, 0.2) is 40.8 Å². The van der Waals surface area contributed by atoms with Crippen molar-refractivity contribution >= 4 is 11.9 Å². The molecule has 0 radical (unpaired) electrons. The number of carbonyl (C=O) groups is 2. The maximum absolute atomic E-state index is 12.7. The fourth-order valence-corrected chi connectivity index (χ4v) is 2.91. The van der Waals surface area contributed by atoms with E-state index < -0.39 is 17.9 Å². The molecule has 1 N–H and O–H groups in total. The number of amides is 1. The Morgan fingerprint density at radius 2 is 2.09 bits per heavy atom. The molecule has 6 nitrogen and oxygen atoms in total. The van der Waals surface area contributed by atoms with Crippen LogP contribution in [0.3, 0.4) is 0 Å². The lowest BCUT2D eigenvalue weighted by atomic mass is 9.92. The molecule has 1 amide bonds. The van der Waals surface area contributed by atoms with Crippen molar-refractivity contribution in [2.24, 2.45) is 0 Å². The van der Waals surface area contributed by atoms with Crippen LogP contribution in [0.1, 0.15) is 33.5 Å². The lowest BCUT2D eigenvalue weighted by Crippen LogP contribution is -2.43. The predicted molar refractivity (Wildman–Crippen MR) is 81.0 cm³/mol. The van der Waals surface area contributed by atoms with Gasteiger partial charge < -0.3 is 19.2 Å². The number of aliphatic carboxylic acids is 1. The molecule has 0 bridgehead atoms. The zero-order valence-electron chi connectivity index (χ0n) is 12.7. The maximum Gasteiger partial charge on any atom is 0.331 e. The first-order valence-corrected chi connectivity index (χ1v) is 7.31. The van der Waals surface area contributed by atoms with Crippen molar-refractivity contribution in [2.45, 2.75) is 19.1 Å². The van der Waals surface area contributed by atoms with Crippen LogP contribution in [0.4, 0.5) is 0 Å². The van der Waals surface area contributed by atoms with Gasteiger partial charge in [0.2, 0.25) is 0 Å². The number of carboxylic acids is 1. The van der Waals surface area contributed by atoms with Gasteiger partial charge in [-0.3, -0.25) is 4.79 Å². The van der Waals surface area contributed by atoms with Crippen LogP contribution >= 0.6 is 0 Å². The van der Waals surface area contributed by atoms with Gasteiger partial charge in [0, 0.05) is 13.7 Å². The van der Waals surface area contributed by atoms with E-state index in [1.54, 1.807) is 24.3 Å². The van der Waals surface area contributed by atoms with E-state index in [1.165, 1.54) is 12.0 Å². The van der Waals surface area contributed by atoms with E-state index in [-0.39, 0.29) is 12.4 Å². The summed E-state index contributed by atoms with van der Waals surface area (Å²) in [7, 11) is 1.53. The molecule has 0 aliphatic carbocycles. The molecule has 6 heteroatoms. The summed E-state index contributed by atoms with van der Waals surface area (Å²) < 4.78 is 10.4. The number of rotatable bonds is 4. The van der Waals surface area contributed by atoms with E-state index in [4.69, 9.17) is 9.15 Å². The number of benzene rings is 1. The van der Waals surface area contributed by atoms with Gasteiger partial charge in [-0.15, -0.1) is 0 Å². The maximum atomic E-state index is 12.7. The summed E-state index contributed by atoms with van der Waals surface area (Å²) in [6.45, 7) is 0.603. The van der Waals surface area contributed by atoms with Gasteiger partial charge in [-0.05, 0) is 29.7 Å². The van der Waals surface area contributed by atoms with Gasteiger partial charge >= 0.3 is 5.97 Å². The van der Waals surface area contributed by atoms with Gasteiger partial charge in [0.1, 0.15) is 12.4 Å². The number of hydrogen-bond acceptors (Lipinski definition) is 4. The number of fused-ring (bicyclic) bond motifs is 1. The average molecular weight is 315 g/mol. The normalized spacial score (nSPS) is 16.9. The van der Waals surface area contributed by atoms with Crippen LogP contribution in [0.5, 0.6) is 0 Å². The highest BCUT2D eigenvalue weighted by Gasteiger charge is 2.37. The molecule has 3 rings (SSSR count). The van der Waals surface area contributed by atoms with E-state index in [0.717, 1.165) is 5.56 Å². The van der Waals surface area contributed by atoms with Crippen molar-refractivity contribution in [3.8, 4) is 0 Å². The summed E-state index contributed by atoms with van der Waals surface area (Å²) >= 11 is 0. The first kappa shape index (κ1) is 15.3. The highest BCUT2D eigenvalue weighted by Crippen LogP contribution is 2.31. The molecule has 1 aromatic heterocycles. The second-order valence-corrected chi connectivity index (χ2v) is 5.39. The molecule has 120 valence electrons. The molecular weight excluding hydrogens is 298 g/mol. The topological polar surface area (TPSA) is 80.0 Å². The summed E-state index contributed by atoms with van der Waals surface area (Å²) in [5.41, 5.74) is 1.62. The monoisotopic (exact) mass is 315 g/mol. The highest BCUT2D eigenvalue weighted by atomic mass is 16.5. The SMILES string of the molecule is COCc1ccc(C(=O)N2CCc3ccccc3C2C(=O)O)o1. The van der Waals surface area contributed by atoms with Crippen LogP contribution in [-0.4, -0.2) is 35.5 Å². The molecule has 0 fully saturated rings. The third kappa shape index (κ3) is 2.85. The van der Waals surface area contributed by atoms with Crippen molar-refractivity contribution in [2.75, 3.05) is 13.7 Å². The van der Waals surface area contributed by atoms with Crippen molar-refractivity contribution in [1.29, 1.82) is 0 Å². The van der Waals surface area contributed by atoms with E-state index in [2.05, 4.69) is 0 Å². The van der Waals surface area contributed by atoms with Gasteiger partial charge in [-0.2, -0.15) is 0 Å². The zero-order valence-corrected chi connectivity index (χ0v) is 12.7. The molecule has 0 saturated heterocycles. The Morgan fingerprint density at radius 3 is 2.83 bits per heavy atom. The number of furan rings is 1. The molecule has 1 aliphatic rings. The van der Waals surface area contributed by atoms with Crippen LogP contribution in [-0.2, 0) is 22.6 Å². The Labute approximate surface area is 133 Å². The number of carboxylic acid groups (broad SMARTS) is 1. The highest BCUT2D eigenvalue weighted by molar-refractivity contribution is 5.95. The lowest BCUT2D eigenvalue weighted by molar-refractivity contribution is -0.143. The molecule has 1 unspecified atom stereocenters. The number of ether oxygens (including phenoxy) is 1. The van der Waals surface area contributed by atoms with Gasteiger partial charge in [0.05, 0.1) is 0 Å². The van der Waals surface area contributed by atoms with Crippen LogP contribution in [0.25, 0.3) is 0 Å². The van der Waals surface area contributed by atoms with Crippen LogP contribution in [0.2, 0.25) is 0 Å². The fourth-order valence-electron chi connectivity index (χ4n) is 2.91. The van der Waals surface area contributed by atoms with Crippen molar-refractivity contribution < 1.29 is 23.8 Å². The molecule has 1 aliphatic heterocycles. The standard InChI is InChI=1S/C17H17NO5/c1-22-10-12-6-7-14(23-12)16(19)18-9-8-11-4-2-3-5-13(11)15(18)17(20)21/h2-7,15H,8-10H2,1H3,(H,20,21). The fraction of sp³-hybridized carbons (Fsp3) is 0.294. The van der Waals surface area contributed by atoms with Gasteiger partial charge in [0.25, 0.3) is 5.91 Å². The molecule has 0 saturated carbocycles. The van der Waals surface area contributed by atoms with Crippen LogP contribution in [0, 0.1) is 0 Å². The second kappa shape index (κ2) is 6.26. The lowest BCUT2D eigenvalue weighted by Gasteiger charge is -2.34. The van der Waals surface area contributed by atoms with Crippen molar-refractivity contribution in [1.82, 2.24) is 4.90 Å². The minimum absolute atomic E-state index is 0.127. The Hall–Kier alpha value is -2.60. The van der Waals surface area contributed by atoms with Gasteiger partial charge in [-0.1, -0.05) is 24.3 Å². The number of nitrogens with zero attached hydrogens (tertiary/aromatic N) is 1. The average Bonchev–Trinajstić information content (AvgIpc) is 3.02. The van der Waals surface area contributed by atoms with E-state index in [1.807, 2.05) is 12.1 Å². The first-order valence-electron chi connectivity index (χ1n) is 7.31. The molecule has 1 atom stereocenters. The third-order valence-corrected chi connectivity index (χ3v) is 3.94. The molecule has 0 spiro atoms. The summed E-state index contributed by atoms with van der Waals surface area (Å²) in [5, 5.41) is 9.60. The third-order valence-electron chi connectivity index (χ3n) is 3.94. The molecule has 2 aromatic rings. The Morgan fingerprint density at radius 1 is 1.30 bits per heavy atom. The summed E-state index contributed by atoms with van der Waals surface area (Å²) in [5.74, 6) is -0.814. The van der Waals surface area contributed by atoms with E-state index in [0.29, 0.717) is 24.3 Å². The Bertz CT molecular complexity index is 736. The van der Waals surface area contributed by atoms with Crippen LogP contribution < -0.4 is 0 Å². The minimum Gasteiger partial charge on any atom is -0.479 e. The molecular formula is C17H17NO5. The van der Waals surface area contributed by atoms with Gasteiger partial charge in [-0.25, -0.2) is 4.79 Å². The van der Waals surface area contributed by atoms with Gasteiger partial charge in [0.15, 0.2) is 11.8 Å². The zero-order chi connectivity index (χ0) is 16.4. The number of hydrogen-bond donors (Lipinski definition) is 1. The summed E-state index contributed by atoms with van der Waals surface area (Å²) in [6, 6.07) is 9.53. The smallest absolute Gasteiger partial charge is 0.331 e. The minimum atomic E-state index is -1.05. The molecule has 23 heavy (non-hydrogen) atoms. The quantitative estimate of drug-likeness (QED) is 0.936. The molecule has 1 aromatic carbocycles. The number of methoxy groups -OCH3 is 1. The van der Waals surface area contributed by atoms with Crippen molar-refractivity contribution in [3.05, 3.63) is 59.0 Å². The second-order valence-electron chi connectivity index (χ2n) is 5.39. The number of carbonyl (C=O) groups excluding carboxylic acids is 1. The van der Waals surface area contributed by atoms with E-state index >= 15 is 0 Å². The predicted octanol–water partition coefficient (Wildman–Crippen LogP) is 2.25.